The van der Waals surface area contributed by atoms with E-state index < -0.39 is 16.2 Å². The van der Waals surface area contributed by atoms with Gasteiger partial charge >= 0.3 is 5.69 Å². The first-order valence-electron chi connectivity index (χ1n) is 4.96. The predicted octanol–water partition coefficient (Wildman–Crippen LogP) is -0.112. The summed E-state index contributed by atoms with van der Waals surface area (Å²) in [5, 5.41) is 16.0. The van der Waals surface area contributed by atoms with Crippen LogP contribution in [0.3, 0.4) is 0 Å². The number of hydrogen-bond donors (Lipinski definition) is 1. The van der Waals surface area contributed by atoms with E-state index in [9.17, 15) is 19.7 Å². The summed E-state index contributed by atoms with van der Waals surface area (Å²) in [6.07, 6.45) is 0.993. The highest BCUT2D eigenvalue weighted by atomic mass is 16.6. The molecule has 0 atom stereocenters. The summed E-state index contributed by atoms with van der Waals surface area (Å²) < 4.78 is 0.953. The van der Waals surface area contributed by atoms with E-state index in [0.717, 1.165) is 10.8 Å². The zero-order chi connectivity index (χ0) is 13.1. The molecule has 2 aromatic rings. The first kappa shape index (κ1) is 11.7. The van der Waals surface area contributed by atoms with Gasteiger partial charge in [-0.15, -0.1) is 0 Å². The third-order valence-electron chi connectivity index (χ3n) is 2.33. The van der Waals surface area contributed by atoms with Gasteiger partial charge in [0.2, 0.25) is 0 Å². The Labute approximate surface area is 99.7 Å². The SMILES string of the molecule is O=c1cn[nH]c(=O)n1Cc1ccc([N+](=O)[O-])cc1. The summed E-state index contributed by atoms with van der Waals surface area (Å²) in [4.78, 5) is 32.7. The van der Waals surface area contributed by atoms with E-state index in [-0.39, 0.29) is 12.2 Å². The minimum atomic E-state index is -0.624. The van der Waals surface area contributed by atoms with Crippen LogP contribution in [-0.4, -0.2) is 19.7 Å². The number of aromatic nitrogens is 3. The number of aromatic amines is 1. The van der Waals surface area contributed by atoms with Crippen molar-refractivity contribution in [3.63, 3.8) is 0 Å². The van der Waals surface area contributed by atoms with Gasteiger partial charge in [0.25, 0.3) is 11.2 Å². The normalized spacial score (nSPS) is 10.2. The highest BCUT2D eigenvalue weighted by Gasteiger charge is 2.06. The van der Waals surface area contributed by atoms with Crippen molar-refractivity contribution < 1.29 is 4.92 Å². The summed E-state index contributed by atoms with van der Waals surface area (Å²) in [5.41, 5.74) is -0.591. The molecule has 0 aliphatic rings. The second-order valence-corrected chi connectivity index (χ2v) is 3.52. The molecule has 0 spiro atoms. The summed E-state index contributed by atoms with van der Waals surface area (Å²) in [6.45, 7) is 0.0364. The molecular weight excluding hydrogens is 240 g/mol. The number of nitro benzene ring substituents is 1. The number of nitro groups is 1. The largest absolute Gasteiger partial charge is 0.345 e. The van der Waals surface area contributed by atoms with E-state index in [0.29, 0.717) is 5.56 Å². The highest BCUT2D eigenvalue weighted by Crippen LogP contribution is 2.11. The van der Waals surface area contributed by atoms with E-state index in [1.54, 1.807) is 0 Å². The fourth-order valence-corrected chi connectivity index (χ4v) is 1.43. The molecule has 8 nitrogen and oxygen atoms in total. The third-order valence-corrected chi connectivity index (χ3v) is 2.33. The molecule has 0 unspecified atom stereocenters. The van der Waals surface area contributed by atoms with Gasteiger partial charge in [-0.3, -0.25) is 19.5 Å². The minimum absolute atomic E-state index is 0.0364. The topological polar surface area (TPSA) is 111 Å². The number of non-ortho nitro benzene ring substituents is 1. The average molecular weight is 248 g/mol. The van der Waals surface area contributed by atoms with Crippen LogP contribution < -0.4 is 11.2 Å². The zero-order valence-corrected chi connectivity index (χ0v) is 9.07. The summed E-state index contributed by atoms with van der Waals surface area (Å²) in [6, 6.07) is 5.61. The van der Waals surface area contributed by atoms with Gasteiger partial charge in [0.05, 0.1) is 11.5 Å². The smallest absolute Gasteiger partial charge is 0.267 e. The molecule has 2 rings (SSSR count). The van der Waals surface area contributed by atoms with E-state index >= 15 is 0 Å². The first-order chi connectivity index (χ1) is 8.58. The molecule has 18 heavy (non-hydrogen) atoms. The molecule has 0 amide bonds. The van der Waals surface area contributed by atoms with Crippen molar-refractivity contribution in [2.75, 3.05) is 0 Å². The van der Waals surface area contributed by atoms with Crippen LogP contribution in [0, 0.1) is 10.1 Å². The van der Waals surface area contributed by atoms with Gasteiger partial charge in [0.15, 0.2) is 0 Å². The first-order valence-corrected chi connectivity index (χ1v) is 4.96. The molecule has 0 radical (unpaired) electrons. The fraction of sp³-hybridized carbons (Fsp3) is 0.100. The Balaban J connectivity index is 2.32. The Hall–Kier alpha value is -2.77. The Morgan fingerprint density at radius 1 is 1.28 bits per heavy atom. The van der Waals surface area contributed by atoms with Gasteiger partial charge in [-0.05, 0) is 5.56 Å². The quantitative estimate of drug-likeness (QED) is 0.601. The molecule has 0 saturated carbocycles. The van der Waals surface area contributed by atoms with Crippen LogP contribution in [0.25, 0.3) is 0 Å². The van der Waals surface area contributed by atoms with Gasteiger partial charge in [0, 0.05) is 12.1 Å². The lowest BCUT2D eigenvalue weighted by Crippen LogP contribution is -2.35. The number of nitrogens with one attached hydrogen (secondary N) is 1. The maximum absolute atomic E-state index is 11.4. The van der Waals surface area contributed by atoms with Crippen molar-refractivity contribution in [2.24, 2.45) is 0 Å². The lowest BCUT2D eigenvalue weighted by atomic mass is 10.2. The van der Waals surface area contributed by atoms with Crippen molar-refractivity contribution in [3.8, 4) is 0 Å². The van der Waals surface area contributed by atoms with Gasteiger partial charge in [-0.25, -0.2) is 9.89 Å². The van der Waals surface area contributed by atoms with Crippen LogP contribution in [0.2, 0.25) is 0 Å². The average Bonchev–Trinajstić information content (AvgIpc) is 2.34. The van der Waals surface area contributed by atoms with Gasteiger partial charge in [-0.1, -0.05) is 12.1 Å². The standard InChI is InChI=1S/C10H8N4O4/c15-9-5-11-12-10(16)13(9)6-7-1-3-8(4-2-7)14(17)18/h1-5H,6H2,(H,12,16). The van der Waals surface area contributed by atoms with Crippen molar-refractivity contribution in [1.29, 1.82) is 0 Å². The van der Waals surface area contributed by atoms with Crippen molar-refractivity contribution in [2.45, 2.75) is 6.54 Å². The number of rotatable bonds is 3. The van der Waals surface area contributed by atoms with E-state index in [2.05, 4.69) is 10.2 Å². The van der Waals surface area contributed by atoms with Crippen molar-refractivity contribution in [1.82, 2.24) is 14.8 Å². The summed E-state index contributed by atoms with van der Waals surface area (Å²) in [7, 11) is 0. The molecule has 0 saturated heterocycles. The number of hydrogen-bond acceptors (Lipinski definition) is 5. The number of nitrogens with zero attached hydrogens (tertiary/aromatic N) is 3. The molecule has 1 heterocycles. The summed E-state index contributed by atoms with van der Waals surface area (Å²) in [5.74, 6) is 0. The maximum atomic E-state index is 11.4. The number of benzene rings is 1. The monoisotopic (exact) mass is 248 g/mol. The molecule has 0 bridgehead atoms. The molecule has 0 aliphatic carbocycles. The van der Waals surface area contributed by atoms with Gasteiger partial charge < -0.3 is 0 Å². The van der Waals surface area contributed by atoms with Crippen LogP contribution in [0.15, 0.2) is 40.1 Å². The maximum Gasteiger partial charge on any atom is 0.345 e. The minimum Gasteiger partial charge on any atom is -0.267 e. The molecular formula is C10H8N4O4. The van der Waals surface area contributed by atoms with E-state index in [1.807, 2.05) is 0 Å². The Kier molecular flexibility index (Phi) is 3.00. The molecule has 1 N–H and O–H groups in total. The lowest BCUT2D eigenvalue weighted by Gasteiger charge is -2.02. The molecule has 1 aromatic heterocycles. The van der Waals surface area contributed by atoms with E-state index in [1.165, 1.54) is 24.3 Å². The van der Waals surface area contributed by atoms with Crippen LogP contribution in [0.5, 0.6) is 0 Å². The highest BCUT2D eigenvalue weighted by molar-refractivity contribution is 5.32. The Morgan fingerprint density at radius 3 is 2.50 bits per heavy atom. The van der Waals surface area contributed by atoms with Crippen molar-refractivity contribution in [3.05, 3.63) is 67.0 Å². The number of H-pyrrole nitrogens is 1. The van der Waals surface area contributed by atoms with Crippen LogP contribution in [0.4, 0.5) is 5.69 Å². The van der Waals surface area contributed by atoms with Crippen LogP contribution in [-0.2, 0) is 6.54 Å². The second kappa shape index (κ2) is 4.62. The summed E-state index contributed by atoms with van der Waals surface area (Å²) >= 11 is 0. The molecule has 1 aromatic carbocycles. The second-order valence-electron chi connectivity index (χ2n) is 3.52. The molecule has 92 valence electrons. The zero-order valence-electron chi connectivity index (χ0n) is 9.07. The van der Waals surface area contributed by atoms with Crippen molar-refractivity contribution >= 4 is 5.69 Å². The molecule has 8 heteroatoms. The van der Waals surface area contributed by atoms with Crippen LogP contribution >= 0.6 is 0 Å². The Bertz CT molecular complexity index is 658. The predicted molar refractivity (Wildman–Crippen MR) is 61.3 cm³/mol. The van der Waals surface area contributed by atoms with Gasteiger partial charge in [0.1, 0.15) is 6.20 Å². The molecule has 0 aliphatic heterocycles. The lowest BCUT2D eigenvalue weighted by molar-refractivity contribution is -0.384. The fourth-order valence-electron chi connectivity index (χ4n) is 1.43. The van der Waals surface area contributed by atoms with E-state index in [4.69, 9.17) is 0 Å². The molecule has 0 fully saturated rings. The van der Waals surface area contributed by atoms with Crippen LogP contribution in [0.1, 0.15) is 5.56 Å². The Morgan fingerprint density at radius 2 is 1.94 bits per heavy atom. The van der Waals surface area contributed by atoms with Gasteiger partial charge in [-0.2, -0.15) is 5.10 Å². The third kappa shape index (κ3) is 2.32.